The van der Waals surface area contributed by atoms with Crippen LogP contribution in [0.1, 0.15) is 0 Å². The van der Waals surface area contributed by atoms with Gasteiger partial charge in [-0.2, -0.15) is 13.2 Å². The lowest BCUT2D eigenvalue weighted by molar-refractivity contribution is -0.167. The van der Waals surface area contributed by atoms with Crippen LogP contribution in [0.2, 0.25) is 0 Å². The number of pyridine rings is 2. The molecule has 0 bridgehead atoms. The van der Waals surface area contributed by atoms with Gasteiger partial charge in [0, 0.05) is 40.7 Å². The van der Waals surface area contributed by atoms with Crippen molar-refractivity contribution in [3.63, 3.8) is 0 Å². The molecule has 0 fully saturated rings. The molecule has 7 nitrogen and oxygen atoms in total. The first kappa shape index (κ1) is 22.2. The van der Waals surface area contributed by atoms with E-state index in [4.69, 9.17) is 9.15 Å². The molecule has 3 heterocycles. The third kappa shape index (κ3) is 4.10. The lowest BCUT2D eigenvalue weighted by atomic mass is 10.1. The van der Waals surface area contributed by atoms with Crippen LogP contribution in [0.3, 0.4) is 0 Å². The van der Waals surface area contributed by atoms with Gasteiger partial charge in [-0.3, -0.25) is 14.2 Å². The Bertz CT molecular complexity index is 1620. The van der Waals surface area contributed by atoms with Crippen LogP contribution in [-0.2, 0) is 4.79 Å². The third-order valence-electron chi connectivity index (χ3n) is 5.43. The molecule has 35 heavy (non-hydrogen) atoms. The zero-order valence-electron chi connectivity index (χ0n) is 18.1. The summed E-state index contributed by atoms with van der Waals surface area (Å²) in [5.74, 6) is -1.60. The molecule has 0 radical (unpaired) electrons. The van der Waals surface area contributed by atoms with Crippen LogP contribution in [0.4, 0.5) is 18.9 Å². The van der Waals surface area contributed by atoms with Crippen LogP contribution in [0.15, 0.2) is 82.1 Å². The second-order valence-corrected chi connectivity index (χ2v) is 7.62. The number of furan rings is 1. The first-order chi connectivity index (χ1) is 16.7. The molecule has 0 atom stereocenters. The largest absolute Gasteiger partial charge is 0.481 e. The summed E-state index contributed by atoms with van der Waals surface area (Å²) < 4.78 is 50.0. The van der Waals surface area contributed by atoms with Gasteiger partial charge in [0.15, 0.2) is 5.58 Å². The fourth-order valence-corrected chi connectivity index (χ4v) is 3.78. The minimum atomic E-state index is -5.01. The SMILES string of the molecule is COc1ccc(-c2ccc3oc4ccc(=O)n(-c5ccc(NC(=O)C(F)(F)F)cc5)c4c3c2)cn1. The Morgan fingerprint density at radius 3 is 2.34 bits per heavy atom. The highest BCUT2D eigenvalue weighted by Gasteiger charge is 2.38. The Hall–Kier alpha value is -4.60. The molecule has 5 rings (SSSR count). The predicted octanol–water partition coefficient (Wildman–Crippen LogP) is 5.31. The van der Waals surface area contributed by atoms with Crippen molar-refractivity contribution >= 4 is 33.7 Å². The summed E-state index contributed by atoms with van der Waals surface area (Å²) in [6, 6.07) is 17.5. The molecular formula is C25H16F3N3O4. The van der Waals surface area contributed by atoms with E-state index in [-0.39, 0.29) is 11.2 Å². The van der Waals surface area contributed by atoms with Crippen LogP contribution in [0.25, 0.3) is 38.9 Å². The van der Waals surface area contributed by atoms with Crippen molar-refractivity contribution in [2.75, 3.05) is 12.4 Å². The topological polar surface area (TPSA) is 86.4 Å². The maximum absolute atomic E-state index is 12.9. The fraction of sp³-hybridized carbons (Fsp3) is 0.0800. The van der Waals surface area contributed by atoms with Crippen molar-refractivity contribution in [2.45, 2.75) is 6.18 Å². The Morgan fingerprint density at radius 2 is 1.69 bits per heavy atom. The van der Waals surface area contributed by atoms with Crippen molar-refractivity contribution in [1.29, 1.82) is 0 Å². The minimum absolute atomic E-state index is 0.0531. The molecule has 176 valence electrons. The van der Waals surface area contributed by atoms with Crippen LogP contribution >= 0.6 is 0 Å². The summed E-state index contributed by atoms with van der Waals surface area (Å²) in [6.07, 6.45) is -3.34. The number of nitrogens with zero attached hydrogens (tertiary/aromatic N) is 2. The van der Waals surface area contributed by atoms with E-state index in [1.165, 1.54) is 42.0 Å². The number of aromatic nitrogens is 2. The molecular weight excluding hydrogens is 463 g/mol. The summed E-state index contributed by atoms with van der Waals surface area (Å²) >= 11 is 0. The zero-order chi connectivity index (χ0) is 24.7. The number of carbonyl (C=O) groups is 1. The monoisotopic (exact) mass is 479 g/mol. The number of fused-ring (bicyclic) bond motifs is 3. The van der Waals surface area contributed by atoms with Gasteiger partial charge in [-0.05, 0) is 54.1 Å². The minimum Gasteiger partial charge on any atom is -0.481 e. The van der Waals surface area contributed by atoms with E-state index in [1.54, 1.807) is 29.7 Å². The Labute approximate surface area is 195 Å². The lowest BCUT2D eigenvalue weighted by Crippen LogP contribution is -2.29. The third-order valence-corrected chi connectivity index (χ3v) is 5.43. The van der Waals surface area contributed by atoms with E-state index in [9.17, 15) is 22.8 Å². The van der Waals surface area contributed by atoms with Crippen LogP contribution in [-0.4, -0.2) is 28.7 Å². The number of hydrogen-bond acceptors (Lipinski definition) is 5. The summed E-state index contributed by atoms with van der Waals surface area (Å²) in [4.78, 5) is 28.3. The van der Waals surface area contributed by atoms with Crippen molar-refractivity contribution in [3.05, 3.63) is 83.3 Å². The normalized spacial score (nSPS) is 11.7. The number of nitrogens with one attached hydrogen (secondary N) is 1. The summed E-state index contributed by atoms with van der Waals surface area (Å²) in [7, 11) is 1.53. The van der Waals surface area contributed by atoms with E-state index in [2.05, 4.69) is 4.98 Å². The number of anilines is 1. The lowest BCUT2D eigenvalue weighted by Gasteiger charge is -2.11. The predicted molar refractivity (Wildman–Crippen MR) is 124 cm³/mol. The average molecular weight is 479 g/mol. The smallest absolute Gasteiger partial charge is 0.471 e. The Kier molecular flexibility index (Phi) is 5.28. The molecule has 0 spiro atoms. The molecule has 2 aromatic carbocycles. The quantitative estimate of drug-likeness (QED) is 0.378. The van der Waals surface area contributed by atoms with Crippen molar-refractivity contribution in [3.8, 4) is 22.7 Å². The molecule has 5 aromatic rings. The molecule has 0 saturated heterocycles. The van der Waals surface area contributed by atoms with Gasteiger partial charge in [-0.1, -0.05) is 6.07 Å². The summed E-state index contributed by atoms with van der Waals surface area (Å²) in [5.41, 5.74) is 3.16. The number of rotatable bonds is 4. The number of methoxy groups -OCH3 is 1. The Morgan fingerprint density at radius 1 is 0.971 bits per heavy atom. The number of alkyl halides is 3. The molecule has 0 saturated carbocycles. The highest BCUT2D eigenvalue weighted by atomic mass is 19.4. The van der Waals surface area contributed by atoms with Gasteiger partial charge in [-0.15, -0.1) is 0 Å². The number of amides is 1. The van der Waals surface area contributed by atoms with Crippen LogP contribution in [0.5, 0.6) is 5.88 Å². The molecule has 10 heteroatoms. The number of carbonyl (C=O) groups excluding carboxylic acids is 1. The van der Waals surface area contributed by atoms with E-state index in [0.717, 1.165) is 11.1 Å². The first-order valence-electron chi connectivity index (χ1n) is 10.3. The van der Waals surface area contributed by atoms with Gasteiger partial charge in [0.2, 0.25) is 5.88 Å². The van der Waals surface area contributed by atoms with Crippen molar-refractivity contribution in [1.82, 2.24) is 9.55 Å². The fourth-order valence-electron chi connectivity index (χ4n) is 3.78. The molecule has 0 unspecified atom stereocenters. The van der Waals surface area contributed by atoms with Gasteiger partial charge in [0.25, 0.3) is 5.56 Å². The maximum Gasteiger partial charge on any atom is 0.471 e. The van der Waals surface area contributed by atoms with E-state index in [1.807, 2.05) is 18.2 Å². The number of ether oxygens (including phenoxy) is 1. The zero-order valence-corrected chi connectivity index (χ0v) is 18.1. The second kappa shape index (κ2) is 8.32. The molecule has 0 aliphatic heterocycles. The first-order valence-corrected chi connectivity index (χ1v) is 10.3. The van der Waals surface area contributed by atoms with Gasteiger partial charge in [0.05, 0.1) is 7.11 Å². The number of benzene rings is 2. The summed E-state index contributed by atoms with van der Waals surface area (Å²) in [6.45, 7) is 0. The van der Waals surface area contributed by atoms with E-state index >= 15 is 0 Å². The van der Waals surface area contributed by atoms with Gasteiger partial charge < -0.3 is 14.5 Å². The van der Waals surface area contributed by atoms with Crippen LogP contribution in [0, 0.1) is 0 Å². The van der Waals surface area contributed by atoms with Crippen molar-refractivity contribution < 1.29 is 27.1 Å². The Balaban J connectivity index is 1.62. The summed E-state index contributed by atoms with van der Waals surface area (Å²) in [5, 5.41) is 2.45. The molecule has 3 aromatic heterocycles. The van der Waals surface area contributed by atoms with Gasteiger partial charge in [-0.25, -0.2) is 4.98 Å². The highest BCUT2D eigenvalue weighted by Crippen LogP contribution is 2.33. The molecule has 0 aliphatic rings. The van der Waals surface area contributed by atoms with Gasteiger partial charge >= 0.3 is 12.1 Å². The molecule has 0 aliphatic carbocycles. The molecule has 1 N–H and O–H groups in total. The maximum atomic E-state index is 12.9. The van der Waals surface area contributed by atoms with E-state index in [0.29, 0.717) is 33.6 Å². The van der Waals surface area contributed by atoms with Gasteiger partial charge in [0.1, 0.15) is 11.1 Å². The highest BCUT2D eigenvalue weighted by molar-refractivity contribution is 6.05. The second-order valence-electron chi connectivity index (χ2n) is 7.62. The number of hydrogen-bond donors (Lipinski definition) is 1. The van der Waals surface area contributed by atoms with Crippen molar-refractivity contribution in [2.24, 2.45) is 0 Å². The molecule has 1 amide bonds. The number of halogens is 3. The average Bonchev–Trinajstić information content (AvgIpc) is 3.22. The standard InChI is InChI=1S/C25H16F3N3O4/c1-34-21-10-3-15(13-29-21)14-2-8-19-18(12-14)23-20(35-19)9-11-22(32)31(23)17-6-4-16(5-7-17)30-24(33)25(26,27)28/h2-13H,1H3,(H,30,33). The van der Waals surface area contributed by atoms with Crippen LogP contribution < -0.4 is 15.6 Å². The van der Waals surface area contributed by atoms with E-state index < -0.39 is 12.1 Å².